The van der Waals surface area contributed by atoms with E-state index in [1.54, 1.807) is 23.3 Å². The third-order valence-electron chi connectivity index (χ3n) is 0.971. The minimum Gasteiger partial charge on any atom is -0.324 e. The molecule has 0 spiro atoms. The van der Waals surface area contributed by atoms with Gasteiger partial charge >= 0.3 is 0 Å². The molecule has 1 aromatic rings. The van der Waals surface area contributed by atoms with Crippen LogP contribution in [0.5, 0.6) is 0 Å². The Hall–Kier alpha value is -1.52. The zero-order chi connectivity index (χ0) is 9.23. The molecule has 0 N–H and O–H groups in total. The van der Waals surface area contributed by atoms with Crippen LogP contribution >= 0.6 is 12.4 Å². The van der Waals surface area contributed by atoms with E-state index in [-0.39, 0.29) is 12.4 Å². The molecule has 1 heterocycles. The maximum Gasteiger partial charge on any atom is 0.111 e. The van der Waals surface area contributed by atoms with E-state index in [0.29, 0.717) is 13.0 Å². The predicted octanol–water partition coefficient (Wildman–Crippen LogP) is 1.75. The van der Waals surface area contributed by atoms with Gasteiger partial charge in [0.05, 0.1) is 18.5 Å². The summed E-state index contributed by atoms with van der Waals surface area (Å²) in [5, 5.41) is 15.8. The summed E-state index contributed by atoms with van der Waals surface area (Å²) in [6, 6.07) is 3.92. The first-order valence-corrected chi connectivity index (χ1v) is 3.54. The summed E-state index contributed by atoms with van der Waals surface area (Å²) in [5.41, 5.74) is 0. The van der Waals surface area contributed by atoms with Gasteiger partial charge in [-0.05, 0) is 0 Å². The summed E-state index contributed by atoms with van der Waals surface area (Å²) in [7, 11) is 0. The maximum absolute atomic E-state index is 8.14. The van der Waals surface area contributed by atoms with Crippen molar-refractivity contribution in [2.24, 2.45) is 0 Å². The number of rotatable bonds is 1. The van der Waals surface area contributed by atoms with Crippen LogP contribution in [0.15, 0.2) is 18.7 Å². The van der Waals surface area contributed by atoms with Crippen molar-refractivity contribution < 1.29 is 0 Å². The van der Waals surface area contributed by atoms with Crippen LogP contribution in [0.1, 0.15) is 13.3 Å². The lowest BCUT2D eigenvalue weighted by atomic mass is 10.6. The van der Waals surface area contributed by atoms with E-state index < -0.39 is 0 Å². The summed E-state index contributed by atoms with van der Waals surface area (Å²) in [6.07, 6.45) is 5.64. The third-order valence-corrected chi connectivity index (χ3v) is 0.971. The van der Waals surface area contributed by atoms with Gasteiger partial charge < -0.3 is 4.57 Å². The summed E-state index contributed by atoms with van der Waals surface area (Å²) in [5.74, 6) is 0. The normalized spacial score (nSPS) is 6.69. The number of hydrogen-bond acceptors (Lipinski definition) is 3. The van der Waals surface area contributed by atoms with Crippen molar-refractivity contribution in [2.75, 3.05) is 0 Å². The first-order valence-electron chi connectivity index (χ1n) is 3.54. The second-order valence-electron chi connectivity index (χ2n) is 1.90. The lowest BCUT2D eigenvalue weighted by molar-refractivity contribution is 0.830. The fourth-order valence-electron chi connectivity index (χ4n) is 0.462. The molecule has 0 saturated heterocycles. The summed E-state index contributed by atoms with van der Waals surface area (Å²) in [4.78, 5) is 3.75. The number of aromatic nitrogens is 2. The van der Waals surface area contributed by atoms with Crippen molar-refractivity contribution >= 4 is 12.4 Å². The quantitative estimate of drug-likeness (QED) is 0.691. The van der Waals surface area contributed by atoms with E-state index in [1.807, 2.05) is 19.1 Å². The standard InChI is InChI=1S/C5H5N3.C3H5N.ClH/c6-1-3-8-4-2-7-5-8;1-2-3-4;/h2,4-5H,3H2;2H2,1H3;1H. The van der Waals surface area contributed by atoms with Gasteiger partial charge in [0.2, 0.25) is 0 Å². The van der Waals surface area contributed by atoms with Crippen LogP contribution in [0.2, 0.25) is 0 Å². The first-order chi connectivity index (χ1) is 5.85. The second kappa shape index (κ2) is 10.5. The predicted molar refractivity (Wildman–Crippen MR) is 51.0 cm³/mol. The molecule has 0 fully saturated rings. The van der Waals surface area contributed by atoms with Gasteiger partial charge in [0.25, 0.3) is 0 Å². The van der Waals surface area contributed by atoms with Crippen molar-refractivity contribution in [1.82, 2.24) is 9.55 Å². The molecule has 0 amide bonds. The molecule has 4 nitrogen and oxygen atoms in total. The van der Waals surface area contributed by atoms with Crippen LogP contribution in [0.4, 0.5) is 0 Å². The van der Waals surface area contributed by atoms with E-state index in [0.717, 1.165) is 0 Å². The number of halogens is 1. The Balaban J connectivity index is 0. The Morgan fingerprint density at radius 3 is 2.31 bits per heavy atom. The molecular formula is C8H11ClN4. The highest BCUT2D eigenvalue weighted by molar-refractivity contribution is 5.85. The average Bonchev–Trinajstić information content (AvgIpc) is 2.58. The molecule has 0 atom stereocenters. The number of hydrogen-bond donors (Lipinski definition) is 0. The van der Waals surface area contributed by atoms with Crippen LogP contribution in [-0.4, -0.2) is 9.55 Å². The minimum absolute atomic E-state index is 0. The summed E-state index contributed by atoms with van der Waals surface area (Å²) < 4.78 is 1.71. The lowest BCUT2D eigenvalue weighted by Gasteiger charge is -1.85. The first kappa shape index (κ1) is 14.0. The Morgan fingerprint density at radius 2 is 2.00 bits per heavy atom. The molecule has 0 aromatic carbocycles. The van der Waals surface area contributed by atoms with Crippen LogP contribution in [-0.2, 0) is 6.54 Å². The van der Waals surface area contributed by atoms with Crippen molar-refractivity contribution in [3.8, 4) is 12.1 Å². The van der Waals surface area contributed by atoms with Gasteiger partial charge in [0, 0.05) is 18.8 Å². The molecule has 0 aliphatic carbocycles. The molecular weight excluding hydrogens is 188 g/mol. The van der Waals surface area contributed by atoms with Crippen LogP contribution in [0.25, 0.3) is 0 Å². The fourth-order valence-corrected chi connectivity index (χ4v) is 0.462. The lowest BCUT2D eigenvalue weighted by Crippen LogP contribution is -1.88. The van der Waals surface area contributed by atoms with Gasteiger partial charge in [-0.1, -0.05) is 6.92 Å². The van der Waals surface area contributed by atoms with Crippen LogP contribution < -0.4 is 0 Å². The molecule has 0 bridgehead atoms. The highest BCUT2D eigenvalue weighted by atomic mass is 35.5. The third kappa shape index (κ3) is 8.39. The van der Waals surface area contributed by atoms with Gasteiger partial charge in [-0.2, -0.15) is 10.5 Å². The van der Waals surface area contributed by atoms with E-state index in [9.17, 15) is 0 Å². The molecule has 5 heteroatoms. The average molecular weight is 199 g/mol. The molecule has 0 saturated carbocycles. The highest BCUT2D eigenvalue weighted by Gasteiger charge is 1.81. The Labute approximate surface area is 83.8 Å². The van der Waals surface area contributed by atoms with Gasteiger partial charge in [0.1, 0.15) is 6.54 Å². The van der Waals surface area contributed by atoms with Gasteiger partial charge in [-0.25, -0.2) is 4.98 Å². The largest absolute Gasteiger partial charge is 0.324 e. The van der Waals surface area contributed by atoms with Crippen molar-refractivity contribution in [3.63, 3.8) is 0 Å². The van der Waals surface area contributed by atoms with E-state index in [1.165, 1.54) is 0 Å². The summed E-state index contributed by atoms with van der Waals surface area (Å²) >= 11 is 0. The monoisotopic (exact) mass is 198 g/mol. The fraction of sp³-hybridized carbons (Fsp3) is 0.375. The smallest absolute Gasteiger partial charge is 0.111 e. The van der Waals surface area contributed by atoms with E-state index in [2.05, 4.69) is 4.98 Å². The summed E-state index contributed by atoms with van der Waals surface area (Å²) in [6.45, 7) is 2.21. The topological polar surface area (TPSA) is 65.4 Å². The molecule has 0 aliphatic heterocycles. The van der Waals surface area contributed by atoms with Crippen LogP contribution in [0, 0.1) is 22.7 Å². The van der Waals surface area contributed by atoms with Gasteiger partial charge in [0.15, 0.2) is 0 Å². The van der Waals surface area contributed by atoms with Crippen molar-refractivity contribution in [3.05, 3.63) is 18.7 Å². The Morgan fingerprint density at radius 1 is 1.38 bits per heavy atom. The van der Waals surface area contributed by atoms with Gasteiger partial charge in [-0.3, -0.25) is 0 Å². The SMILES string of the molecule is CCC#N.Cl.N#CCn1ccnc1. The maximum atomic E-state index is 8.14. The molecule has 0 radical (unpaired) electrons. The minimum atomic E-state index is 0. The van der Waals surface area contributed by atoms with E-state index >= 15 is 0 Å². The number of nitrogens with zero attached hydrogens (tertiary/aromatic N) is 4. The van der Waals surface area contributed by atoms with Gasteiger partial charge in [-0.15, -0.1) is 12.4 Å². The number of nitriles is 2. The van der Waals surface area contributed by atoms with Crippen molar-refractivity contribution in [1.29, 1.82) is 10.5 Å². The van der Waals surface area contributed by atoms with Crippen molar-refractivity contribution in [2.45, 2.75) is 19.9 Å². The molecule has 1 aromatic heterocycles. The highest BCUT2D eigenvalue weighted by Crippen LogP contribution is 1.81. The molecule has 1 rings (SSSR count). The zero-order valence-corrected chi connectivity index (χ0v) is 8.16. The Bertz CT molecular complexity index is 267. The van der Waals surface area contributed by atoms with Crippen LogP contribution in [0.3, 0.4) is 0 Å². The molecule has 13 heavy (non-hydrogen) atoms. The molecule has 0 aliphatic rings. The molecule has 0 unspecified atom stereocenters. The second-order valence-corrected chi connectivity index (χ2v) is 1.90. The van der Waals surface area contributed by atoms with E-state index in [4.69, 9.17) is 10.5 Å². The zero-order valence-electron chi connectivity index (χ0n) is 7.34. The number of imidazole rings is 1. The Kier molecular flexibility index (Phi) is 11.3. The molecule has 70 valence electrons.